The first-order valence-electron chi connectivity index (χ1n) is 8.49. The number of aliphatic hydroxyl groups is 1. The minimum atomic E-state index is -0.452. The third-order valence-electron chi connectivity index (χ3n) is 4.62. The van der Waals surface area contributed by atoms with Gasteiger partial charge in [0.15, 0.2) is 0 Å². The SMILES string of the molecule is O=C(C(CO)c1ccccc1)N1CCN(Cc2ccccc2)CC1. The molecular formula is C20H24N2O2. The average Bonchev–Trinajstić information content (AvgIpc) is 2.65. The Morgan fingerprint density at radius 1 is 0.917 bits per heavy atom. The van der Waals surface area contributed by atoms with Crippen LogP contribution in [0.3, 0.4) is 0 Å². The van der Waals surface area contributed by atoms with Gasteiger partial charge in [-0.3, -0.25) is 9.69 Å². The Kier molecular flexibility index (Phi) is 5.62. The molecule has 1 saturated heterocycles. The normalized spacial score (nSPS) is 16.8. The quantitative estimate of drug-likeness (QED) is 0.916. The van der Waals surface area contributed by atoms with E-state index >= 15 is 0 Å². The Labute approximate surface area is 143 Å². The standard InChI is InChI=1S/C20H24N2O2/c23-16-19(18-9-5-2-6-10-18)20(24)22-13-11-21(12-14-22)15-17-7-3-1-4-8-17/h1-10,19,23H,11-16H2. The summed E-state index contributed by atoms with van der Waals surface area (Å²) in [4.78, 5) is 17.0. The number of piperazine rings is 1. The van der Waals surface area contributed by atoms with E-state index in [2.05, 4.69) is 29.2 Å². The average molecular weight is 324 g/mol. The summed E-state index contributed by atoms with van der Waals surface area (Å²) in [6, 6.07) is 20.0. The van der Waals surface area contributed by atoms with Crippen molar-refractivity contribution in [1.29, 1.82) is 0 Å². The Hall–Kier alpha value is -2.17. The number of benzene rings is 2. The molecule has 3 rings (SSSR count). The highest BCUT2D eigenvalue weighted by molar-refractivity contribution is 5.84. The van der Waals surface area contributed by atoms with Gasteiger partial charge < -0.3 is 10.0 Å². The lowest BCUT2D eigenvalue weighted by molar-refractivity contribution is -0.135. The maximum atomic E-state index is 12.7. The molecule has 4 heteroatoms. The topological polar surface area (TPSA) is 43.8 Å². The molecule has 1 aliphatic heterocycles. The Balaban J connectivity index is 1.56. The fraction of sp³-hybridized carbons (Fsp3) is 0.350. The van der Waals surface area contributed by atoms with Gasteiger partial charge in [-0.15, -0.1) is 0 Å². The highest BCUT2D eigenvalue weighted by atomic mass is 16.3. The Morgan fingerprint density at radius 3 is 2.08 bits per heavy atom. The highest BCUT2D eigenvalue weighted by Gasteiger charge is 2.28. The predicted molar refractivity (Wildman–Crippen MR) is 94.6 cm³/mol. The summed E-state index contributed by atoms with van der Waals surface area (Å²) in [5, 5.41) is 9.67. The van der Waals surface area contributed by atoms with E-state index in [9.17, 15) is 9.90 Å². The Bertz CT molecular complexity index is 637. The van der Waals surface area contributed by atoms with Crippen LogP contribution in [0.15, 0.2) is 60.7 Å². The maximum Gasteiger partial charge on any atom is 0.232 e. The van der Waals surface area contributed by atoms with Crippen molar-refractivity contribution < 1.29 is 9.90 Å². The van der Waals surface area contributed by atoms with Crippen molar-refractivity contribution in [3.8, 4) is 0 Å². The predicted octanol–water partition coefficient (Wildman–Crippen LogP) is 2.11. The van der Waals surface area contributed by atoms with Crippen molar-refractivity contribution in [2.24, 2.45) is 0 Å². The fourth-order valence-electron chi connectivity index (χ4n) is 3.20. The van der Waals surface area contributed by atoms with E-state index in [-0.39, 0.29) is 12.5 Å². The molecular weight excluding hydrogens is 300 g/mol. The lowest BCUT2D eigenvalue weighted by Gasteiger charge is -2.36. The summed E-state index contributed by atoms with van der Waals surface area (Å²) in [6.07, 6.45) is 0. The smallest absolute Gasteiger partial charge is 0.232 e. The highest BCUT2D eigenvalue weighted by Crippen LogP contribution is 2.19. The third kappa shape index (κ3) is 4.02. The first-order chi connectivity index (χ1) is 11.8. The number of carbonyl (C=O) groups is 1. The molecule has 1 atom stereocenters. The summed E-state index contributed by atoms with van der Waals surface area (Å²) in [7, 11) is 0. The fourth-order valence-corrected chi connectivity index (χ4v) is 3.20. The molecule has 24 heavy (non-hydrogen) atoms. The van der Waals surface area contributed by atoms with Crippen LogP contribution >= 0.6 is 0 Å². The van der Waals surface area contributed by atoms with E-state index in [4.69, 9.17) is 0 Å². The van der Waals surface area contributed by atoms with Crippen molar-refractivity contribution in [1.82, 2.24) is 9.80 Å². The second-order valence-corrected chi connectivity index (χ2v) is 6.23. The van der Waals surface area contributed by atoms with Crippen LogP contribution in [0.2, 0.25) is 0 Å². The largest absolute Gasteiger partial charge is 0.395 e. The molecule has 0 spiro atoms. The maximum absolute atomic E-state index is 12.7. The van der Waals surface area contributed by atoms with E-state index in [1.54, 1.807) is 0 Å². The van der Waals surface area contributed by atoms with Crippen LogP contribution in [0.1, 0.15) is 17.0 Å². The van der Waals surface area contributed by atoms with Crippen molar-refractivity contribution in [3.63, 3.8) is 0 Å². The van der Waals surface area contributed by atoms with Crippen LogP contribution in [0, 0.1) is 0 Å². The van der Waals surface area contributed by atoms with E-state index < -0.39 is 5.92 Å². The molecule has 1 fully saturated rings. The van der Waals surface area contributed by atoms with Crippen molar-refractivity contribution in [2.45, 2.75) is 12.5 Å². The monoisotopic (exact) mass is 324 g/mol. The molecule has 126 valence electrons. The lowest BCUT2D eigenvalue weighted by atomic mass is 9.98. The number of aliphatic hydroxyl groups excluding tert-OH is 1. The Morgan fingerprint density at radius 2 is 1.50 bits per heavy atom. The summed E-state index contributed by atoms with van der Waals surface area (Å²) >= 11 is 0. The number of hydrogen-bond donors (Lipinski definition) is 1. The summed E-state index contributed by atoms with van der Waals surface area (Å²) < 4.78 is 0. The number of nitrogens with zero attached hydrogens (tertiary/aromatic N) is 2. The summed E-state index contributed by atoms with van der Waals surface area (Å²) in [5.74, 6) is -0.421. The van der Waals surface area contributed by atoms with Gasteiger partial charge in [0, 0.05) is 32.7 Å². The van der Waals surface area contributed by atoms with Crippen LogP contribution in [-0.2, 0) is 11.3 Å². The molecule has 1 amide bonds. The van der Waals surface area contributed by atoms with Gasteiger partial charge in [-0.2, -0.15) is 0 Å². The van der Waals surface area contributed by atoms with Crippen LogP contribution in [0.25, 0.3) is 0 Å². The number of amides is 1. The van der Waals surface area contributed by atoms with Gasteiger partial charge in [0.25, 0.3) is 0 Å². The van der Waals surface area contributed by atoms with E-state index in [1.165, 1.54) is 5.56 Å². The zero-order valence-corrected chi connectivity index (χ0v) is 13.8. The van der Waals surface area contributed by atoms with Crippen LogP contribution in [0.4, 0.5) is 0 Å². The molecule has 0 aliphatic carbocycles. The van der Waals surface area contributed by atoms with Gasteiger partial charge in [0.2, 0.25) is 5.91 Å². The van der Waals surface area contributed by atoms with Gasteiger partial charge >= 0.3 is 0 Å². The van der Waals surface area contributed by atoms with Gasteiger partial charge in [0.05, 0.1) is 12.5 Å². The molecule has 0 saturated carbocycles. The first-order valence-corrected chi connectivity index (χ1v) is 8.49. The summed E-state index contributed by atoms with van der Waals surface area (Å²) in [5.41, 5.74) is 2.19. The summed E-state index contributed by atoms with van der Waals surface area (Å²) in [6.45, 7) is 3.95. The zero-order chi connectivity index (χ0) is 16.8. The van der Waals surface area contributed by atoms with Crippen molar-refractivity contribution in [3.05, 3.63) is 71.8 Å². The molecule has 2 aromatic rings. The van der Waals surface area contributed by atoms with Crippen LogP contribution < -0.4 is 0 Å². The third-order valence-corrected chi connectivity index (χ3v) is 4.62. The number of rotatable bonds is 5. The molecule has 0 bridgehead atoms. The molecule has 1 unspecified atom stereocenters. The minimum absolute atomic E-state index is 0.0306. The second-order valence-electron chi connectivity index (χ2n) is 6.23. The lowest BCUT2D eigenvalue weighted by Crippen LogP contribution is -2.50. The molecule has 0 radical (unpaired) electrons. The molecule has 4 nitrogen and oxygen atoms in total. The number of hydrogen-bond acceptors (Lipinski definition) is 3. The van der Waals surface area contributed by atoms with E-state index in [0.717, 1.165) is 38.3 Å². The molecule has 2 aromatic carbocycles. The zero-order valence-electron chi connectivity index (χ0n) is 13.8. The van der Waals surface area contributed by atoms with Gasteiger partial charge in [0.1, 0.15) is 0 Å². The minimum Gasteiger partial charge on any atom is -0.395 e. The first kappa shape index (κ1) is 16.7. The van der Waals surface area contributed by atoms with Gasteiger partial charge in [-0.05, 0) is 11.1 Å². The second kappa shape index (κ2) is 8.08. The van der Waals surface area contributed by atoms with E-state index in [0.29, 0.717) is 0 Å². The van der Waals surface area contributed by atoms with Crippen LogP contribution in [-0.4, -0.2) is 53.6 Å². The molecule has 1 aliphatic rings. The van der Waals surface area contributed by atoms with Gasteiger partial charge in [-0.1, -0.05) is 60.7 Å². The van der Waals surface area contributed by atoms with Gasteiger partial charge in [-0.25, -0.2) is 0 Å². The van der Waals surface area contributed by atoms with Crippen molar-refractivity contribution in [2.75, 3.05) is 32.8 Å². The van der Waals surface area contributed by atoms with Crippen molar-refractivity contribution >= 4 is 5.91 Å². The van der Waals surface area contributed by atoms with E-state index in [1.807, 2.05) is 41.3 Å². The molecule has 1 N–H and O–H groups in total. The molecule has 0 aromatic heterocycles. The van der Waals surface area contributed by atoms with Crippen LogP contribution in [0.5, 0.6) is 0 Å². The number of carbonyl (C=O) groups excluding carboxylic acids is 1. The molecule has 1 heterocycles.